The summed E-state index contributed by atoms with van der Waals surface area (Å²) in [7, 11) is 0. The summed E-state index contributed by atoms with van der Waals surface area (Å²) in [5.41, 5.74) is 5.59. The van der Waals surface area contributed by atoms with Crippen LogP contribution in [0.25, 0.3) is 10.8 Å². The van der Waals surface area contributed by atoms with E-state index in [1.807, 2.05) is 24.4 Å². The highest BCUT2D eigenvalue weighted by Crippen LogP contribution is 2.29. The molecule has 0 unspecified atom stereocenters. The third-order valence-electron chi connectivity index (χ3n) is 3.04. The molecule has 0 aliphatic heterocycles. The number of aromatic nitrogens is 1. The van der Waals surface area contributed by atoms with E-state index in [9.17, 15) is 0 Å². The largest absolute Gasteiger partial charge is 0.393 e. The van der Waals surface area contributed by atoms with E-state index in [1.165, 1.54) is 5.39 Å². The summed E-state index contributed by atoms with van der Waals surface area (Å²) in [5, 5.41) is 2.31. The zero-order valence-corrected chi connectivity index (χ0v) is 13.2. The summed E-state index contributed by atoms with van der Waals surface area (Å²) in [6, 6.07) is 8.17. The van der Waals surface area contributed by atoms with Gasteiger partial charge in [0.2, 0.25) is 0 Å². The second-order valence-electron chi connectivity index (χ2n) is 4.27. The predicted molar refractivity (Wildman–Crippen MR) is 88.7 cm³/mol. The average Bonchev–Trinajstić information content (AvgIpc) is 2.40. The standard InChI is InChI=1S/C14H16BrN3S/c1-2-18(9-7-13(16)19)14-11-4-3-5-12(15)10(11)6-8-17-14/h3-6,8H,2,7,9H2,1H3,(H2,16,19). The molecule has 0 bridgehead atoms. The number of fused-ring (bicyclic) bond motifs is 1. The first-order valence-electron chi connectivity index (χ1n) is 6.20. The number of hydrogen-bond acceptors (Lipinski definition) is 3. The lowest BCUT2D eigenvalue weighted by Gasteiger charge is -2.23. The molecule has 0 amide bonds. The Morgan fingerprint density at radius 1 is 1.37 bits per heavy atom. The Hall–Kier alpha value is -1.20. The number of nitrogens with two attached hydrogens (primary N) is 1. The van der Waals surface area contributed by atoms with Crippen LogP contribution in [0.3, 0.4) is 0 Å². The Balaban J connectivity index is 2.42. The van der Waals surface area contributed by atoms with Gasteiger partial charge in [-0.15, -0.1) is 0 Å². The van der Waals surface area contributed by atoms with Crippen LogP contribution >= 0.6 is 28.1 Å². The molecule has 0 saturated heterocycles. The number of halogens is 1. The van der Waals surface area contributed by atoms with Crippen LogP contribution in [0.5, 0.6) is 0 Å². The van der Waals surface area contributed by atoms with E-state index < -0.39 is 0 Å². The van der Waals surface area contributed by atoms with Crippen molar-refractivity contribution in [2.75, 3.05) is 18.0 Å². The quantitative estimate of drug-likeness (QED) is 0.848. The van der Waals surface area contributed by atoms with Crippen molar-refractivity contribution in [3.05, 3.63) is 34.9 Å². The van der Waals surface area contributed by atoms with Crippen molar-refractivity contribution >= 4 is 49.7 Å². The van der Waals surface area contributed by atoms with Gasteiger partial charge in [0.25, 0.3) is 0 Å². The monoisotopic (exact) mass is 337 g/mol. The Morgan fingerprint density at radius 2 is 2.16 bits per heavy atom. The van der Waals surface area contributed by atoms with Crippen LogP contribution in [0, 0.1) is 0 Å². The number of thiocarbonyl (C=S) groups is 1. The Labute approximate surface area is 126 Å². The van der Waals surface area contributed by atoms with Gasteiger partial charge in [-0.3, -0.25) is 0 Å². The molecule has 3 nitrogen and oxygen atoms in total. The molecule has 1 aromatic carbocycles. The molecule has 0 spiro atoms. The molecule has 2 rings (SSSR count). The Kier molecular flexibility index (Phi) is 4.71. The van der Waals surface area contributed by atoms with Gasteiger partial charge >= 0.3 is 0 Å². The maximum absolute atomic E-state index is 5.59. The molecule has 1 heterocycles. The lowest BCUT2D eigenvalue weighted by atomic mass is 10.1. The Bertz CT molecular complexity index is 600. The molecule has 1 aromatic heterocycles. The van der Waals surface area contributed by atoms with Crippen LogP contribution < -0.4 is 10.6 Å². The van der Waals surface area contributed by atoms with Crippen molar-refractivity contribution in [1.82, 2.24) is 4.98 Å². The van der Waals surface area contributed by atoms with Gasteiger partial charge in [0.1, 0.15) is 5.82 Å². The van der Waals surface area contributed by atoms with Crippen molar-refractivity contribution in [2.24, 2.45) is 5.73 Å². The highest BCUT2D eigenvalue weighted by Gasteiger charge is 2.11. The Morgan fingerprint density at radius 3 is 2.84 bits per heavy atom. The molecule has 5 heteroatoms. The van der Waals surface area contributed by atoms with E-state index in [0.717, 1.165) is 28.8 Å². The van der Waals surface area contributed by atoms with E-state index in [4.69, 9.17) is 18.0 Å². The first kappa shape index (κ1) is 14.2. The van der Waals surface area contributed by atoms with E-state index in [1.54, 1.807) is 0 Å². The molecule has 0 fully saturated rings. The second-order valence-corrected chi connectivity index (χ2v) is 5.64. The van der Waals surface area contributed by atoms with Crippen LogP contribution in [0.4, 0.5) is 5.82 Å². The van der Waals surface area contributed by atoms with Gasteiger partial charge in [-0.05, 0) is 19.1 Å². The molecule has 0 saturated carbocycles. The summed E-state index contributed by atoms with van der Waals surface area (Å²) >= 11 is 8.53. The molecule has 19 heavy (non-hydrogen) atoms. The minimum absolute atomic E-state index is 0.542. The normalized spacial score (nSPS) is 10.6. The van der Waals surface area contributed by atoms with Crippen LogP contribution in [-0.2, 0) is 0 Å². The van der Waals surface area contributed by atoms with Crippen LogP contribution in [0.15, 0.2) is 34.9 Å². The minimum Gasteiger partial charge on any atom is -0.393 e. The molecule has 100 valence electrons. The van der Waals surface area contributed by atoms with E-state index in [0.29, 0.717) is 11.4 Å². The molecule has 0 aliphatic carbocycles. The predicted octanol–water partition coefficient (Wildman–Crippen LogP) is 3.50. The van der Waals surface area contributed by atoms with Gasteiger partial charge in [-0.25, -0.2) is 4.98 Å². The fraction of sp³-hybridized carbons (Fsp3) is 0.286. The first-order chi connectivity index (χ1) is 9.13. The topological polar surface area (TPSA) is 42.1 Å². The third kappa shape index (κ3) is 3.22. The summed E-state index contributed by atoms with van der Waals surface area (Å²) in [6.45, 7) is 3.78. The molecular formula is C14H16BrN3S. The number of pyridine rings is 1. The average molecular weight is 338 g/mol. The molecular weight excluding hydrogens is 322 g/mol. The maximum atomic E-state index is 5.59. The van der Waals surface area contributed by atoms with E-state index in [-0.39, 0.29) is 0 Å². The highest BCUT2D eigenvalue weighted by molar-refractivity contribution is 9.10. The molecule has 2 aromatic rings. The highest BCUT2D eigenvalue weighted by atomic mass is 79.9. The van der Waals surface area contributed by atoms with Gasteiger partial charge in [-0.2, -0.15) is 0 Å². The maximum Gasteiger partial charge on any atom is 0.136 e. The molecule has 0 atom stereocenters. The van der Waals surface area contributed by atoms with Crippen molar-refractivity contribution in [3.8, 4) is 0 Å². The first-order valence-corrected chi connectivity index (χ1v) is 7.40. The zero-order valence-electron chi connectivity index (χ0n) is 10.8. The van der Waals surface area contributed by atoms with Gasteiger partial charge in [-0.1, -0.05) is 40.3 Å². The fourth-order valence-corrected chi connectivity index (χ4v) is 2.65. The number of rotatable bonds is 5. The van der Waals surface area contributed by atoms with Crippen molar-refractivity contribution in [3.63, 3.8) is 0 Å². The summed E-state index contributed by atoms with van der Waals surface area (Å²) in [4.78, 5) is 7.26. The summed E-state index contributed by atoms with van der Waals surface area (Å²) in [6.07, 6.45) is 2.54. The minimum atomic E-state index is 0.542. The third-order valence-corrected chi connectivity index (χ3v) is 3.94. The number of benzene rings is 1. The van der Waals surface area contributed by atoms with Crippen LogP contribution in [0.2, 0.25) is 0 Å². The van der Waals surface area contributed by atoms with Crippen molar-refractivity contribution < 1.29 is 0 Å². The van der Waals surface area contributed by atoms with Gasteiger partial charge in [0.05, 0.1) is 4.99 Å². The SMILES string of the molecule is CCN(CCC(N)=S)c1nccc2c(Br)cccc12. The summed E-state index contributed by atoms with van der Waals surface area (Å²) < 4.78 is 1.08. The molecule has 0 aliphatic rings. The lowest BCUT2D eigenvalue weighted by molar-refractivity contribution is 0.825. The number of anilines is 1. The van der Waals surface area contributed by atoms with Gasteiger partial charge in [0, 0.05) is 41.0 Å². The van der Waals surface area contributed by atoms with E-state index in [2.05, 4.69) is 38.8 Å². The van der Waals surface area contributed by atoms with Crippen LogP contribution in [-0.4, -0.2) is 23.1 Å². The van der Waals surface area contributed by atoms with E-state index >= 15 is 0 Å². The lowest BCUT2D eigenvalue weighted by Crippen LogP contribution is -2.28. The smallest absolute Gasteiger partial charge is 0.136 e. The fourth-order valence-electron chi connectivity index (χ4n) is 2.06. The second kappa shape index (κ2) is 6.30. The van der Waals surface area contributed by atoms with Gasteiger partial charge < -0.3 is 10.6 Å². The van der Waals surface area contributed by atoms with Crippen molar-refractivity contribution in [1.29, 1.82) is 0 Å². The molecule has 2 N–H and O–H groups in total. The zero-order chi connectivity index (χ0) is 13.8. The number of nitrogens with zero attached hydrogens (tertiary/aromatic N) is 2. The van der Waals surface area contributed by atoms with Gasteiger partial charge in [0.15, 0.2) is 0 Å². The molecule has 0 radical (unpaired) electrons. The van der Waals surface area contributed by atoms with Crippen LogP contribution in [0.1, 0.15) is 13.3 Å². The van der Waals surface area contributed by atoms with Crippen molar-refractivity contribution in [2.45, 2.75) is 13.3 Å². The number of hydrogen-bond donors (Lipinski definition) is 1. The summed E-state index contributed by atoms with van der Waals surface area (Å²) in [5.74, 6) is 0.984.